The van der Waals surface area contributed by atoms with E-state index in [4.69, 9.17) is 4.74 Å². The Hall–Kier alpha value is -2.48. The molecule has 1 heterocycles. The fourth-order valence-corrected chi connectivity index (χ4v) is 2.63. The normalized spacial score (nSPS) is 16.0. The van der Waals surface area contributed by atoms with Crippen LogP contribution < -0.4 is 10.6 Å². The minimum atomic E-state index is -1.03. The molecule has 0 unspecified atom stereocenters. The number of hydrogen-bond acceptors (Lipinski definition) is 4. The van der Waals surface area contributed by atoms with Crippen molar-refractivity contribution in [2.75, 3.05) is 26.3 Å². The summed E-state index contributed by atoms with van der Waals surface area (Å²) in [7, 11) is 0. The zero-order valence-electron chi connectivity index (χ0n) is 13.7. The van der Waals surface area contributed by atoms with Crippen molar-refractivity contribution in [3.63, 3.8) is 0 Å². The molecule has 2 amide bonds. The Kier molecular flexibility index (Phi) is 6.46. The highest BCUT2D eigenvalue weighted by atomic mass is 19.1. The van der Waals surface area contributed by atoms with Gasteiger partial charge in [-0.15, -0.1) is 0 Å². The maximum absolute atomic E-state index is 13.1. The van der Waals surface area contributed by atoms with E-state index < -0.39 is 29.0 Å². The Balaban J connectivity index is 1.76. The van der Waals surface area contributed by atoms with Crippen molar-refractivity contribution in [2.24, 2.45) is 5.41 Å². The molecule has 0 spiro atoms. The standard InChI is InChI=1S/C17H21FN2O5/c18-13-3-1-2-12(8-13)9-14(21)19-10-15(22)20-11-17(16(23)24)4-6-25-7-5-17/h1-3,8H,4-7,9-11H2,(H,19,21)(H,20,22)(H,23,24). The van der Waals surface area contributed by atoms with Crippen LogP contribution in [0.15, 0.2) is 24.3 Å². The number of carboxylic acids is 1. The lowest BCUT2D eigenvalue weighted by atomic mass is 9.80. The second kappa shape index (κ2) is 8.57. The van der Waals surface area contributed by atoms with Crippen LogP contribution in [-0.4, -0.2) is 49.2 Å². The first-order valence-electron chi connectivity index (χ1n) is 8.00. The van der Waals surface area contributed by atoms with E-state index in [2.05, 4.69) is 10.6 Å². The van der Waals surface area contributed by atoms with Crippen LogP contribution in [0.1, 0.15) is 18.4 Å². The zero-order valence-corrected chi connectivity index (χ0v) is 13.7. The molecule has 2 rings (SSSR count). The van der Waals surface area contributed by atoms with Crippen LogP contribution in [0.4, 0.5) is 4.39 Å². The molecule has 0 radical (unpaired) electrons. The summed E-state index contributed by atoms with van der Waals surface area (Å²) in [5.74, 6) is -2.29. The molecule has 3 N–H and O–H groups in total. The van der Waals surface area contributed by atoms with Crippen LogP contribution in [0, 0.1) is 11.2 Å². The van der Waals surface area contributed by atoms with Gasteiger partial charge < -0.3 is 20.5 Å². The van der Waals surface area contributed by atoms with Gasteiger partial charge >= 0.3 is 5.97 Å². The number of hydrogen-bond donors (Lipinski definition) is 3. The van der Waals surface area contributed by atoms with E-state index in [-0.39, 0.29) is 19.5 Å². The second-order valence-corrected chi connectivity index (χ2v) is 6.06. The fourth-order valence-electron chi connectivity index (χ4n) is 2.63. The minimum Gasteiger partial charge on any atom is -0.481 e. The van der Waals surface area contributed by atoms with Gasteiger partial charge in [-0.2, -0.15) is 0 Å². The first kappa shape index (κ1) is 18.9. The van der Waals surface area contributed by atoms with Crippen LogP contribution in [0.5, 0.6) is 0 Å². The maximum atomic E-state index is 13.1. The second-order valence-electron chi connectivity index (χ2n) is 6.06. The fraction of sp³-hybridized carbons (Fsp3) is 0.471. The number of carbonyl (C=O) groups excluding carboxylic acids is 2. The number of nitrogens with one attached hydrogen (secondary N) is 2. The van der Waals surface area contributed by atoms with Crippen molar-refractivity contribution < 1.29 is 28.6 Å². The molecule has 1 fully saturated rings. The van der Waals surface area contributed by atoms with E-state index in [1.807, 2.05) is 0 Å². The molecule has 1 aromatic rings. The smallest absolute Gasteiger partial charge is 0.311 e. The molecule has 25 heavy (non-hydrogen) atoms. The Labute approximate surface area is 144 Å². The summed E-state index contributed by atoms with van der Waals surface area (Å²) < 4.78 is 18.2. The quantitative estimate of drug-likeness (QED) is 0.662. The molecule has 1 aromatic carbocycles. The monoisotopic (exact) mass is 352 g/mol. The third kappa shape index (κ3) is 5.53. The summed E-state index contributed by atoms with van der Waals surface area (Å²) in [6.45, 7) is 0.406. The summed E-state index contributed by atoms with van der Waals surface area (Å²) in [6.07, 6.45) is 0.616. The van der Waals surface area contributed by atoms with Crippen molar-refractivity contribution in [2.45, 2.75) is 19.3 Å². The number of carboxylic acid groups (broad SMARTS) is 1. The molecule has 0 bridgehead atoms. The van der Waals surface area contributed by atoms with Crippen LogP contribution in [0.2, 0.25) is 0 Å². The number of halogens is 1. The number of ether oxygens (including phenoxy) is 1. The van der Waals surface area contributed by atoms with Gasteiger partial charge in [-0.25, -0.2) is 4.39 Å². The molecule has 1 aliphatic rings. The summed E-state index contributed by atoms with van der Waals surface area (Å²) in [4.78, 5) is 35.1. The molecule has 7 nitrogen and oxygen atoms in total. The van der Waals surface area contributed by atoms with Gasteiger partial charge in [0.15, 0.2) is 0 Å². The van der Waals surface area contributed by atoms with Crippen LogP contribution in [0.3, 0.4) is 0 Å². The molecule has 0 atom stereocenters. The highest BCUT2D eigenvalue weighted by molar-refractivity contribution is 5.86. The number of carbonyl (C=O) groups is 3. The van der Waals surface area contributed by atoms with E-state index in [0.717, 1.165) is 0 Å². The predicted molar refractivity (Wildman–Crippen MR) is 86.2 cm³/mol. The Bertz CT molecular complexity index is 644. The van der Waals surface area contributed by atoms with Gasteiger partial charge in [0.05, 0.1) is 18.4 Å². The highest BCUT2D eigenvalue weighted by Crippen LogP contribution is 2.29. The minimum absolute atomic E-state index is 0.00963. The third-order valence-corrected chi connectivity index (χ3v) is 4.23. The van der Waals surface area contributed by atoms with Gasteiger partial charge in [0.1, 0.15) is 5.82 Å². The molecular weight excluding hydrogens is 331 g/mol. The average Bonchev–Trinajstić information content (AvgIpc) is 2.59. The largest absolute Gasteiger partial charge is 0.481 e. The van der Waals surface area contributed by atoms with Gasteiger partial charge in [-0.1, -0.05) is 12.1 Å². The number of benzene rings is 1. The lowest BCUT2D eigenvalue weighted by Gasteiger charge is -2.33. The SMILES string of the molecule is O=C(CNC(=O)Cc1cccc(F)c1)NCC1(C(=O)O)CCOCC1. The number of rotatable bonds is 7. The van der Waals surface area contributed by atoms with Crippen LogP contribution in [0.25, 0.3) is 0 Å². The van der Waals surface area contributed by atoms with E-state index in [1.165, 1.54) is 18.2 Å². The first-order chi connectivity index (χ1) is 11.9. The van der Waals surface area contributed by atoms with Gasteiger partial charge in [-0.05, 0) is 30.5 Å². The maximum Gasteiger partial charge on any atom is 0.311 e. The predicted octanol–water partition coefficient (Wildman–Crippen LogP) is 0.482. The van der Waals surface area contributed by atoms with E-state index in [0.29, 0.717) is 31.6 Å². The summed E-state index contributed by atoms with van der Waals surface area (Å²) in [5, 5.41) is 14.4. The molecule has 8 heteroatoms. The van der Waals surface area contributed by atoms with Crippen molar-refractivity contribution in [1.82, 2.24) is 10.6 Å². The lowest BCUT2D eigenvalue weighted by Crippen LogP contribution is -2.48. The van der Waals surface area contributed by atoms with Gasteiger partial charge in [-0.3, -0.25) is 14.4 Å². The summed E-state index contributed by atoms with van der Waals surface area (Å²) in [5.41, 5.74) is -0.524. The Morgan fingerprint density at radius 2 is 1.88 bits per heavy atom. The molecule has 1 aliphatic heterocycles. The van der Waals surface area contributed by atoms with Crippen molar-refractivity contribution in [1.29, 1.82) is 0 Å². The molecule has 136 valence electrons. The molecule has 0 aliphatic carbocycles. The zero-order chi connectivity index (χ0) is 18.3. The van der Waals surface area contributed by atoms with Crippen molar-refractivity contribution in [3.8, 4) is 0 Å². The van der Waals surface area contributed by atoms with Gasteiger partial charge in [0.25, 0.3) is 0 Å². The molecule has 0 saturated carbocycles. The topological polar surface area (TPSA) is 105 Å². The van der Waals surface area contributed by atoms with E-state index >= 15 is 0 Å². The Morgan fingerprint density at radius 1 is 1.16 bits per heavy atom. The van der Waals surface area contributed by atoms with E-state index in [1.54, 1.807) is 6.07 Å². The first-order valence-corrected chi connectivity index (χ1v) is 8.00. The number of aliphatic carboxylic acids is 1. The highest BCUT2D eigenvalue weighted by Gasteiger charge is 2.40. The lowest BCUT2D eigenvalue weighted by molar-refractivity contribution is -0.154. The van der Waals surface area contributed by atoms with Crippen molar-refractivity contribution in [3.05, 3.63) is 35.6 Å². The summed E-state index contributed by atoms with van der Waals surface area (Å²) >= 11 is 0. The number of amides is 2. The van der Waals surface area contributed by atoms with Crippen LogP contribution in [-0.2, 0) is 25.5 Å². The van der Waals surface area contributed by atoms with E-state index in [9.17, 15) is 23.9 Å². The van der Waals surface area contributed by atoms with Gasteiger partial charge in [0, 0.05) is 19.8 Å². The summed E-state index contributed by atoms with van der Waals surface area (Å²) in [6, 6.07) is 5.65. The third-order valence-electron chi connectivity index (χ3n) is 4.23. The van der Waals surface area contributed by atoms with Gasteiger partial charge in [0.2, 0.25) is 11.8 Å². The Morgan fingerprint density at radius 3 is 2.52 bits per heavy atom. The molecular formula is C17H21FN2O5. The van der Waals surface area contributed by atoms with Crippen LogP contribution >= 0.6 is 0 Å². The molecule has 0 aromatic heterocycles. The average molecular weight is 352 g/mol. The van der Waals surface area contributed by atoms with Crippen molar-refractivity contribution >= 4 is 17.8 Å². The molecule has 1 saturated heterocycles.